The minimum Gasteiger partial charge on any atom is -0.461 e. The molecule has 0 unspecified atom stereocenters. The Morgan fingerprint density at radius 2 is 1.84 bits per heavy atom. The zero-order valence-electron chi connectivity index (χ0n) is 10.1. The van der Waals surface area contributed by atoms with E-state index in [9.17, 15) is 13.6 Å². The molecule has 0 aliphatic rings. The monoisotopic (exact) mass is 284 g/mol. The summed E-state index contributed by atoms with van der Waals surface area (Å²) in [7, 11) is 0. The Kier molecular flexibility index (Phi) is 3.71. The topological polar surface area (TPSA) is 26.3 Å². The maximum Gasteiger partial charge on any atom is 0.381 e. The highest BCUT2D eigenvalue weighted by molar-refractivity contribution is 6.31. The second kappa shape index (κ2) is 5.13. The Morgan fingerprint density at radius 1 is 1.21 bits per heavy atom. The molecule has 100 valence electrons. The third kappa shape index (κ3) is 2.68. The number of hydrogen-bond donors (Lipinski definition) is 0. The van der Waals surface area contributed by atoms with Crippen molar-refractivity contribution in [2.24, 2.45) is 0 Å². The summed E-state index contributed by atoms with van der Waals surface area (Å²) >= 11 is 5.82. The highest BCUT2D eigenvalue weighted by atomic mass is 35.5. The van der Waals surface area contributed by atoms with Crippen molar-refractivity contribution in [3.05, 3.63) is 47.0 Å². The number of carbonyl (C=O) groups is 1. The predicted molar refractivity (Wildman–Crippen MR) is 69.5 cm³/mol. The van der Waals surface area contributed by atoms with Crippen molar-refractivity contribution >= 4 is 28.3 Å². The summed E-state index contributed by atoms with van der Waals surface area (Å²) in [5, 5.41) is 1.85. The molecule has 19 heavy (non-hydrogen) atoms. The summed E-state index contributed by atoms with van der Waals surface area (Å²) < 4.78 is 32.1. The van der Waals surface area contributed by atoms with Gasteiger partial charge in [0, 0.05) is 10.6 Å². The summed E-state index contributed by atoms with van der Waals surface area (Å²) in [5.74, 6) is -5.19. The smallest absolute Gasteiger partial charge is 0.381 e. The van der Waals surface area contributed by atoms with Gasteiger partial charge in [-0.15, -0.1) is 0 Å². The Labute approximate surface area is 113 Å². The molecule has 0 saturated carbocycles. The zero-order valence-corrected chi connectivity index (χ0v) is 10.9. The van der Waals surface area contributed by atoms with Crippen molar-refractivity contribution in [1.29, 1.82) is 0 Å². The van der Waals surface area contributed by atoms with Gasteiger partial charge in [-0.3, -0.25) is 0 Å². The quantitative estimate of drug-likeness (QED) is 0.792. The average Bonchev–Trinajstić information content (AvgIpc) is 2.38. The summed E-state index contributed by atoms with van der Waals surface area (Å²) in [6.07, 6.45) is 0. The number of halogens is 3. The minimum absolute atomic E-state index is 0.0857. The van der Waals surface area contributed by atoms with Crippen LogP contribution in [0.4, 0.5) is 8.78 Å². The second-order valence-electron chi connectivity index (χ2n) is 4.00. The first-order valence-electron chi connectivity index (χ1n) is 5.70. The molecule has 0 spiro atoms. The van der Waals surface area contributed by atoms with Crippen LogP contribution in [-0.4, -0.2) is 12.6 Å². The first kappa shape index (κ1) is 13.7. The molecule has 2 aromatic rings. The molecule has 2 rings (SSSR count). The molecule has 0 radical (unpaired) electrons. The van der Waals surface area contributed by atoms with E-state index in [0.717, 1.165) is 5.39 Å². The van der Waals surface area contributed by atoms with Crippen LogP contribution in [0.3, 0.4) is 0 Å². The Morgan fingerprint density at radius 3 is 2.53 bits per heavy atom. The van der Waals surface area contributed by atoms with Crippen LogP contribution in [0.25, 0.3) is 10.8 Å². The van der Waals surface area contributed by atoms with Crippen LogP contribution in [0.5, 0.6) is 0 Å². The molecule has 0 heterocycles. The van der Waals surface area contributed by atoms with Crippen molar-refractivity contribution in [2.75, 3.05) is 6.61 Å². The van der Waals surface area contributed by atoms with Crippen LogP contribution in [0, 0.1) is 0 Å². The average molecular weight is 285 g/mol. The van der Waals surface area contributed by atoms with E-state index in [-0.39, 0.29) is 12.2 Å². The van der Waals surface area contributed by atoms with Crippen molar-refractivity contribution in [2.45, 2.75) is 12.8 Å². The molecule has 0 saturated heterocycles. The summed E-state index contributed by atoms with van der Waals surface area (Å²) in [6, 6.07) is 8.88. The molecular formula is C14H11ClF2O2. The third-order valence-corrected chi connectivity index (χ3v) is 2.93. The summed E-state index contributed by atoms with van der Waals surface area (Å²) in [5.41, 5.74) is -0.388. The second-order valence-corrected chi connectivity index (χ2v) is 4.44. The van der Waals surface area contributed by atoms with Crippen LogP contribution in [0.15, 0.2) is 36.4 Å². The molecular weight excluding hydrogens is 274 g/mol. The van der Waals surface area contributed by atoms with Gasteiger partial charge in [-0.1, -0.05) is 29.8 Å². The van der Waals surface area contributed by atoms with Crippen molar-refractivity contribution in [3.63, 3.8) is 0 Å². The van der Waals surface area contributed by atoms with Crippen LogP contribution < -0.4 is 0 Å². The van der Waals surface area contributed by atoms with E-state index in [4.69, 9.17) is 11.6 Å². The number of fused-ring (bicyclic) bond motifs is 1. The van der Waals surface area contributed by atoms with Crippen molar-refractivity contribution in [3.8, 4) is 0 Å². The van der Waals surface area contributed by atoms with Gasteiger partial charge in [0.15, 0.2) is 0 Å². The van der Waals surface area contributed by atoms with Gasteiger partial charge in [-0.25, -0.2) is 4.79 Å². The summed E-state index contributed by atoms with van der Waals surface area (Å²) in [6.45, 7) is 1.40. The normalized spacial score (nSPS) is 11.6. The number of hydrogen-bond acceptors (Lipinski definition) is 2. The summed E-state index contributed by atoms with van der Waals surface area (Å²) in [4.78, 5) is 11.3. The van der Waals surface area contributed by atoms with E-state index in [0.29, 0.717) is 10.4 Å². The maximum absolute atomic E-state index is 13.8. The zero-order chi connectivity index (χ0) is 14.0. The Hall–Kier alpha value is -1.68. The lowest BCUT2D eigenvalue weighted by Crippen LogP contribution is -2.28. The minimum atomic E-state index is -3.65. The number of alkyl halides is 2. The maximum atomic E-state index is 13.8. The first-order valence-corrected chi connectivity index (χ1v) is 6.08. The van der Waals surface area contributed by atoms with Gasteiger partial charge in [0.2, 0.25) is 0 Å². The largest absolute Gasteiger partial charge is 0.461 e. The third-order valence-electron chi connectivity index (χ3n) is 2.70. The molecule has 0 fully saturated rings. The highest BCUT2D eigenvalue weighted by Gasteiger charge is 2.42. The number of esters is 1. The standard InChI is InChI=1S/C14H11ClF2O2/c1-2-19-13(18)14(16,17)11-5-3-10-8-12(15)6-4-9(10)7-11/h3-8H,2H2,1H3. The number of carbonyl (C=O) groups excluding carboxylic acids is 1. The van der Waals surface area contributed by atoms with Crippen LogP contribution in [0.2, 0.25) is 5.02 Å². The van der Waals surface area contributed by atoms with Gasteiger partial charge in [-0.05, 0) is 35.9 Å². The van der Waals surface area contributed by atoms with Crippen LogP contribution in [0.1, 0.15) is 12.5 Å². The van der Waals surface area contributed by atoms with Crippen molar-refractivity contribution < 1.29 is 18.3 Å². The first-order chi connectivity index (χ1) is 8.95. The van der Waals surface area contributed by atoms with E-state index in [1.54, 1.807) is 18.2 Å². The number of benzene rings is 2. The van der Waals surface area contributed by atoms with Gasteiger partial charge in [0.05, 0.1) is 6.61 Å². The van der Waals surface area contributed by atoms with Gasteiger partial charge < -0.3 is 4.74 Å². The fourth-order valence-electron chi connectivity index (χ4n) is 1.75. The molecule has 2 aromatic carbocycles. The van der Waals surface area contributed by atoms with E-state index in [1.807, 2.05) is 0 Å². The van der Waals surface area contributed by atoms with Gasteiger partial charge in [-0.2, -0.15) is 8.78 Å². The molecule has 0 bridgehead atoms. The molecule has 5 heteroatoms. The highest BCUT2D eigenvalue weighted by Crippen LogP contribution is 2.32. The number of rotatable bonds is 3. The predicted octanol–water partition coefficient (Wildman–Crippen LogP) is 4.15. The molecule has 0 amide bonds. The van der Waals surface area contributed by atoms with E-state index < -0.39 is 11.9 Å². The SMILES string of the molecule is CCOC(=O)C(F)(F)c1ccc2cc(Cl)ccc2c1. The Balaban J connectivity index is 2.45. The lowest BCUT2D eigenvalue weighted by molar-refractivity contribution is -0.173. The molecule has 0 N–H and O–H groups in total. The number of ether oxygens (including phenoxy) is 1. The lowest BCUT2D eigenvalue weighted by Gasteiger charge is -2.15. The Bertz CT molecular complexity index is 626. The molecule has 0 aromatic heterocycles. The fraction of sp³-hybridized carbons (Fsp3) is 0.214. The van der Waals surface area contributed by atoms with Crippen molar-refractivity contribution in [1.82, 2.24) is 0 Å². The van der Waals surface area contributed by atoms with Crippen LogP contribution in [-0.2, 0) is 15.5 Å². The fourth-order valence-corrected chi connectivity index (χ4v) is 1.93. The van der Waals surface area contributed by atoms with Crippen LogP contribution >= 0.6 is 11.6 Å². The molecule has 0 aliphatic heterocycles. The van der Waals surface area contributed by atoms with E-state index in [2.05, 4.69) is 4.74 Å². The van der Waals surface area contributed by atoms with Gasteiger partial charge in [0.1, 0.15) is 0 Å². The van der Waals surface area contributed by atoms with E-state index >= 15 is 0 Å². The molecule has 0 atom stereocenters. The van der Waals surface area contributed by atoms with Gasteiger partial charge in [0.25, 0.3) is 0 Å². The molecule has 0 aliphatic carbocycles. The van der Waals surface area contributed by atoms with Gasteiger partial charge >= 0.3 is 11.9 Å². The molecule has 2 nitrogen and oxygen atoms in total. The lowest BCUT2D eigenvalue weighted by atomic mass is 10.0. The van der Waals surface area contributed by atoms with E-state index in [1.165, 1.54) is 25.1 Å².